The minimum atomic E-state index is -0.898. The van der Waals surface area contributed by atoms with Crippen LogP contribution in [0.15, 0.2) is 52.8 Å². The Kier molecular flexibility index (Phi) is 3.02. The lowest BCUT2D eigenvalue weighted by molar-refractivity contribution is 0.103. The van der Waals surface area contributed by atoms with Gasteiger partial charge in [-0.2, -0.15) is 0 Å². The van der Waals surface area contributed by atoms with Crippen LogP contribution in [0.2, 0.25) is 5.02 Å². The van der Waals surface area contributed by atoms with Crippen molar-refractivity contribution < 1.29 is 9.18 Å². The van der Waals surface area contributed by atoms with Gasteiger partial charge in [0.2, 0.25) is 0 Å². The second-order valence-electron chi connectivity index (χ2n) is 6.22. The van der Waals surface area contributed by atoms with E-state index in [4.69, 9.17) is 11.6 Å². The molecule has 1 aliphatic heterocycles. The summed E-state index contributed by atoms with van der Waals surface area (Å²) in [6, 6.07) is 11.4. The molecular formula is C19H11ClFN3O2. The fraction of sp³-hybridized carbons (Fsp3) is 0.0526. The predicted molar refractivity (Wildman–Crippen MR) is 96.0 cm³/mol. The molecule has 0 radical (unpaired) electrons. The van der Waals surface area contributed by atoms with Crippen LogP contribution in [0.5, 0.6) is 0 Å². The third-order valence-corrected chi connectivity index (χ3v) is 5.22. The standard InChI is InChI=1S/C19H11ClFN3O2/c20-10-6-3-7-11(21)12(10)13-14-16(22-18-15(13)19(26)24-23-18)8-4-1-2-5-9(8)17(14)25/h1-7,13H,(H3,22,23,24,26). The summed E-state index contributed by atoms with van der Waals surface area (Å²) in [5, 5.41) is 8.54. The predicted octanol–water partition coefficient (Wildman–Crippen LogP) is 3.66. The number of allylic oxidation sites excluding steroid dienone is 1. The lowest BCUT2D eigenvalue weighted by atomic mass is 9.81. The highest BCUT2D eigenvalue weighted by Gasteiger charge is 2.43. The zero-order valence-corrected chi connectivity index (χ0v) is 13.9. The first-order chi connectivity index (χ1) is 12.6. The number of nitrogens with one attached hydrogen (secondary N) is 3. The largest absolute Gasteiger partial charge is 0.339 e. The summed E-state index contributed by atoms with van der Waals surface area (Å²) in [5.41, 5.74) is 2.08. The normalized spacial score (nSPS) is 17.6. The van der Waals surface area contributed by atoms with E-state index in [1.165, 1.54) is 12.1 Å². The number of halogens is 2. The number of carbonyl (C=O) groups is 1. The van der Waals surface area contributed by atoms with Crippen molar-refractivity contribution in [2.45, 2.75) is 5.92 Å². The van der Waals surface area contributed by atoms with Gasteiger partial charge in [-0.3, -0.25) is 19.8 Å². The summed E-state index contributed by atoms with van der Waals surface area (Å²) in [6.07, 6.45) is 0. The topological polar surface area (TPSA) is 77.8 Å². The molecule has 1 unspecified atom stereocenters. The molecule has 0 fully saturated rings. The van der Waals surface area contributed by atoms with Crippen LogP contribution in [0.1, 0.15) is 33.0 Å². The van der Waals surface area contributed by atoms with Gasteiger partial charge in [0, 0.05) is 27.3 Å². The molecule has 2 aromatic carbocycles. The van der Waals surface area contributed by atoms with E-state index >= 15 is 0 Å². The maximum atomic E-state index is 14.7. The van der Waals surface area contributed by atoms with E-state index in [2.05, 4.69) is 15.5 Å². The lowest BCUT2D eigenvalue weighted by Gasteiger charge is -2.26. The third-order valence-electron chi connectivity index (χ3n) is 4.89. The number of rotatable bonds is 1. The Hall–Kier alpha value is -3.12. The molecule has 5 nitrogen and oxygen atoms in total. The van der Waals surface area contributed by atoms with E-state index in [0.29, 0.717) is 22.7 Å². The van der Waals surface area contributed by atoms with Crippen LogP contribution in [0.25, 0.3) is 5.70 Å². The number of hydrogen-bond donors (Lipinski definition) is 3. The van der Waals surface area contributed by atoms with Gasteiger partial charge in [-0.05, 0) is 12.1 Å². The number of H-pyrrole nitrogens is 2. The first-order valence-corrected chi connectivity index (χ1v) is 8.35. The van der Waals surface area contributed by atoms with Gasteiger partial charge in [-0.25, -0.2) is 4.39 Å². The van der Waals surface area contributed by atoms with Crippen LogP contribution in [0.3, 0.4) is 0 Å². The van der Waals surface area contributed by atoms with Crippen LogP contribution in [-0.2, 0) is 0 Å². The van der Waals surface area contributed by atoms with Gasteiger partial charge in [0.25, 0.3) is 5.56 Å². The summed E-state index contributed by atoms with van der Waals surface area (Å²) in [4.78, 5) is 25.5. The number of aromatic nitrogens is 2. The molecule has 5 rings (SSSR count). The van der Waals surface area contributed by atoms with Crippen LogP contribution in [0, 0.1) is 5.82 Å². The summed E-state index contributed by atoms with van der Waals surface area (Å²) in [6.45, 7) is 0. The maximum Gasteiger partial charge on any atom is 0.270 e. The van der Waals surface area contributed by atoms with Crippen molar-refractivity contribution in [1.82, 2.24) is 10.2 Å². The fourth-order valence-electron chi connectivity index (χ4n) is 3.80. The smallest absolute Gasteiger partial charge is 0.270 e. The van der Waals surface area contributed by atoms with Crippen LogP contribution in [-0.4, -0.2) is 16.0 Å². The quantitative estimate of drug-likeness (QED) is 0.614. The Morgan fingerprint density at radius 3 is 2.46 bits per heavy atom. The van der Waals surface area contributed by atoms with Crippen molar-refractivity contribution in [3.05, 3.63) is 91.5 Å². The Morgan fingerprint density at radius 1 is 0.923 bits per heavy atom. The number of Topliss-reactive ketones (excluding diaryl/α,β-unsaturated/α-hetero) is 1. The number of hydrogen-bond acceptors (Lipinski definition) is 3. The number of ketones is 1. The number of fused-ring (bicyclic) bond motifs is 3. The zero-order chi connectivity index (χ0) is 18.0. The van der Waals surface area contributed by atoms with Gasteiger partial charge in [0.15, 0.2) is 5.78 Å². The summed E-state index contributed by atoms with van der Waals surface area (Å²) in [7, 11) is 0. The average Bonchev–Trinajstić information content (AvgIpc) is 3.14. The Bertz CT molecular complexity index is 1170. The summed E-state index contributed by atoms with van der Waals surface area (Å²) in [5.74, 6) is -1.29. The molecule has 2 aliphatic rings. The second kappa shape index (κ2) is 5.19. The van der Waals surface area contributed by atoms with Crippen molar-refractivity contribution in [3.63, 3.8) is 0 Å². The average molecular weight is 368 g/mol. The molecule has 2 heterocycles. The van der Waals surface area contributed by atoms with Crippen LogP contribution >= 0.6 is 11.6 Å². The molecule has 1 aromatic heterocycles. The van der Waals surface area contributed by atoms with E-state index in [1.807, 2.05) is 12.1 Å². The number of benzene rings is 2. The molecule has 0 spiro atoms. The van der Waals surface area contributed by atoms with Crippen LogP contribution < -0.4 is 10.9 Å². The molecule has 3 N–H and O–H groups in total. The highest BCUT2D eigenvalue weighted by molar-refractivity contribution is 6.32. The molecule has 0 amide bonds. The second-order valence-corrected chi connectivity index (χ2v) is 6.63. The molecule has 7 heteroatoms. The highest BCUT2D eigenvalue weighted by atomic mass is 35.5. The monoisotopic (exact) mass is 367 g/mol. The molecule has 1 aliphatic carbocycles. The van der Waals surface area contributed by atoms with E-state index in [9.17, 15) is 14.0 Å². The Balaban J connectivity index is 1.86. The molecule has 26 heavy (non-hydrogen) atoms. The van der Waals surface area contributed by atoms with E-state index in [-0.39, 0.29) is 21.9 Å². The third kappa shape index (κ3) is 1.84. The molecule has 0 bridgehead atoms. The maximum absolute atomic E-state index is 14.7. The van der Waals surface area contributed by atoms with Crippen molar-refractivity contribution >= 4 is 28.9 Å². The van der Waals surface area contributed by atoms with Crippen molar-refractivity contribution in [1.29, 1.82) is 0 Å². The zero-order valence-electron chi connectivity index (χ0n) is 13.2. The van der Waals surface area contributed by atoms with Gasteiger partial charge in [-0.1, -0.05) is 41.9 Å². The molecule has 0 saturated carbocycles. The van der Waals surface area contributed by atoms with Crippen molar-refractivity contribution in [2.75, 3.05) is 5.32 Å². The van der Waals surface area contributed by atoms with E-state index in [0.717, 1.165) is 5.56 Å². The Morgan fingerprint density at radius 2 is 1.69 bits per heavy atom. The number of aromatic amines is 2. The molecule has 128 valence electrons. The van der Waals surface area contributed by atoms with Gasteiger partial charge >= 0.3 is 0 Å². The first-order valence-electron chi connectivity index (χ1n) is 7.97. The number of anilines is 1. The fourth-order valence-corrected chi connectivity index (χ4v) is 4.07. The number of carbonyl (C=O) groups excluding carboxylic acids is 1. The molecule has 3 aromatic rings. The summed E-state index contributed by atoms with van der Waals surface area (Å²) >= 11 is 6.28. The molecular weight excluding hydrogens is 357 g/mol. The molecule has 1 atom stereocenters. The van der Waals surface area contributed by atoms with E-state index < -0.39 is 17.3 Å². The van der Waals surface area contributed by atoms with E-state index in [1.54, 1.807) is 18.2 Å². The van der Waals surface area contributed by atoms with Gasteiger partial charge in [-0.15, -0.1) is 0 Å². The minimum Gasteiger partial charge on any atom is -0.339 e. The Labute approximate surface area is 151 Å². The first kappa shape index (κ1) is 15.2. The molecule has 0 saturated heterocycles. The minimum absolute atomic E-state index is 0.121. The SMILES string of the molecule is O=C1C2=C(Nc3[nH][nH]c(=O)c3C2c2c(F)cccc2Cl)c2ccccc21. The van der Waals surface area contributed by atoms with Crippen LogP contribution in [0.4, 0.5) is 10.2 Å². The van der Waals surface area contributed by atoms with Crippen molar-refractivity contribution in [2.24, 2.45) is 0 Å². The lowest BCUT2D eigenvalue weighted by Crippen LogP contribution is -2.24. The summed E-state index contributed by atoms with van der Waals surface area (Å²) < 4.78 is 14.7. The van der Waals surface area contributed by atoms with Crippen molar-refractivity contribution in [3.8, 4) is 0 Å². The van der Waals surface area contributed by atoms with Gasteiger partial charge in [0.1, 0.15) is 11.6 Å². The van der Waals surface area contributed by atoms with Gasteiger partial charge < -0.3 is 5.32 Å². The van der Waals surface area contributed by atoms with Gasteiger partial charge in [0.05, 0.1) is 17.2 Å². The highest BCUT2D eigenvalue weighted by Crippen LogP contribution is 2.49.